The highest BCUT2D eigenvalue weighted by Crippen LogP contribution is 2.25. The van der Waals surface area contributed by atoms with Crippen LogP contribution < -0.4 is 0 Å². The quantitative estimate of drug-likeness (QED) is 0.818. The zero-order valence-electron chi connectivity index (χ0n) is 15.4. The number of nitrogens with zero attached hydrogens (tertiary/aromatic N) is 2. The van der Waals surface area contributed by atoms with Crippen LogP contribution >= 0.6 is 11.8 Å². The third-order valence-electron chi connectivity index (χ3n) is 4.68. The van der Waals surface area contributed by atoms with E-state index >= 15 is 0 Å². The molecule has 0 aromatic heterocycles. The molecule has 1 saturated heterocycles. The van der Waals surface area contributed by atoms with Crippen LogP contribution in [0, 0.1) is 6.92 Å². The Bertz CT molecular complexity index is 740. The predicted octanol–water partition coefficient (Wildman–Crippen LogP) is 3.53. The number of carbonyl (C=O) groups is 1. The van der Waals surface area contributed by atoms with Crippen LogP contribution in [0.15, 0.2) is 53.4 Å². The van der Waals surface area contributed by atoms with Crippen molar-refractivity contribution in [3.8, 4) is 5.75 Å². The summed E-state index contributed by atoms with van der Waals surface area (Å²) in [6, 6.07) is 15.7. The van der Waals surface area contributed by atoms with Crippen molar-refractivity contribution in [2.45, 2.75) is 30.5 Å². The first-order valence-electron chi connectivity index (χ1n) is 9.03. The molecule has 0 spiro atoms. The molecular formula is C21H26N2O2S. The van der Waals surface area contributed by atoms with Gasteiger partial charge in [0.1, 0.15) is 5.75 Å². The first-order valence-corrected chi connectivity index (χ1v) is 9.91. The van der Waals surface area contributed by atoms with Crippen LogP contribution in [0.2, 0.25) is 0 Å². The number of carbonyl (C=O) groups excluding carboxylic acids is 1. The summed E-state index contributed by atoms with van der Waals surface area (Å²) in [5.74, 6) is 0.519. The highest BCUT2D eigenvalue weighted by atomic mass is 32.2. The fourth-order valence-corrected chi connectivity index (χ4v) is 4.12. The molecule has 1 N–H and O–H groups in total. The van der Waals surface area contributed by atoms with Gasteiger partial charge in [-0.3, -0.25) is 9.69 Å². The number of hydrogen-bond acceptors (Lipinski definition) is 4. The molecule has 1 amide bonds. The van der Waals surface area contributed by atoms with Gasteiger partial charge in [-0.1, -0.05) is 29.8 Å². The molecule has 138 valence electrons. The molecular weight excluding hydrogens is 344 g/mol. The summed E-state index contributed by atoms with van der Waals surface area (Å²) < 4.78 is 0. The molecule has 4 nitrogen and oxygen atoms in total. The molecule has 1 atom stereocenters. The maximum Gasteiger partial charge on any atom is 0.235 e. The Hall–Kier alpha value is -1.98. The van der Waals surface area contributed by atoms with Crippen molar-refractivity contribution in [1.29, 1.82) is 0 Å². The minimum absolute atomic E-state index is 0.0738. The van der Waals surface area contributed by atoms with Gasteiger partial charge >= 0.3 is 0 Å². The summed E-state index contributed by atoms with van der Waals surface area (Å²) in [6.45, 7) is 8.12. The van der Waals surface area contributed by atoms with Gasteiger partial charge in [0, 0.05) is 37.6 Å². The van der Waals surface area contributed by atoms with Gasteiger partial charge in [0.05, 0.1) is 5.25 Å². The molecule has 1 heterocycles. The van der Waals surface area contributed by atoms with E-state index in [4.69, 9.17) is 0 Å². The lowest BCUT2D eigenvalue weighted by molar-refractivity contribution is -0.132. The van der Waals surface area contributed by atoms with Crippen molar-refractivity contribution in [2.24, 2.45) is 0 Å². The number of hydrogen-bond donors (Lipinski definition) is 1. The van der Waals surface area contributed by atoms with Crippen molar-refractivity contribution >= 4 is 17.7 Å². The Morgan fingerprint density at radius 2 is 1.81 bits per heavy atom. The van der Waals surface area contributed by atoms with E-state index in [1.807, 2.05) is 24.0 Å². The van der Waals surface area contributed by atoms with E-state index in [2.05, 4.69) is 36.1 Å². The second-order valence-corrected chi connectivity index (χ2v) is 8.26. The number of benzene rings is 2. The SMILES string of the molecule is Cc1ccc(SC(C)C(=O)N2CCN(Cc3cccc(O)c3)CC2)cc1. The zero-order valence-corrected chi connectivity index (χ0v) is 16.2. The monoisotopic (exact) mass is 370 g/mol. The number of rotatable bonds is 5. The topological polar surface area (TPSA) is 43.8 Å². The lowest BCUT2D eigenvalue weighted by atomic mass is 10.2. The van der Waals surface area contributed by atoms with Gasteiger partial charge in [0.15, 0.2) is 0 Å². The summed E-state index contributed by atoms with van der Waals surface area (Å²) in [6.07, 6.45) is 0. The van der Waals surface area contributed by atoms with E-state index in [0.717, 1.165) is 43.2 Å². The summed E-state index contributed by atoms with van der Waals surface area (Å²) >= 11 is 1.63. The molecule has 5 heteroatoms. The van der Waals surface area contributed by atoms with Crippen LogP contribution in [0.4, 0.5) is 0 Å². The summed E-state index contributed by atoms with van der Waals surface area (Å²) in [5, 5.41) is 9.51. The Balaban J connectivity index is 1.49. The molecule has 1 aliphatic heterocycles. The maximum absolute atomic E-state index is 12.7. The molecule has 26 heavy (non-hydrogen) atoms. The van der Waals surface area contributed by atoms with Crippen LogP contribution in [0.3, 0.4) is 0 Å². The highest BCUT2D eigenvalue weighted by Gasteiger charge is 2.25. The van der Waals surface area contributed by atoms with Crippen LogP contribution in [-0.4, -0.2) is 52.2 Å². The minimum atomic E-state index is -0.0738. The molecule has 2 aromatic rings. The average molecular weight is 371 g/mol. The second kappa shape index (κ2) is 8.60. The normalized spacial score (nSPS) is 16.5. The van der Waals surface area contributed by atoms with Crippen molar-refractivity contribution in [3.63, 3.8) is 0 Å². The summed E-state index contributed by atoms with van der Waals surface area (Å²) in [4.78, 5) is 18.2. The third-order valence-corrected chi connectivity index (χ3v) is 5.78. The Kier molecular flexibility index (Phi) is 6.22. The maximum atomic E-state index is 12.7. The van der Waals surface area contributed by atoms with Gasteiger partial charge in [-0.15, -0.1) is 11.8 Å². The molecule has 1 unspecified atom stereocenters. The fraction of sp³-hybridized carbons (Fsp3) is 0.381. The van der Waals surface area contributed by atoms with E-state index in [-0.39, 0.29) is 11.2 Å². The predicted molar refractivity (Wildman–Crippen MR) is 106 cm³/mol. The van der Waals surface area contributed by atoms with E-state index in [0.29, 0.717) is 5.75 Å². The number of amides is 1. The van der Waals surface area contributed by atoms with Crippen LogP contribution in [0.1, 0.15) is 18.1 Å². The average Bonchev–Trinajstić information content (AvgIpc) is 2.64. The van der Waals surface area contributed by atoms with E-state index in [1.165, 1.54) is 5.56 Å². The van der Waals surface area contributed by atoms with Crippen molar-refractivity contribution in [2.75, 3.05) is 26.2 Å². The third kappa shape index (κ3) is 5.02. The number of aryl methyl sites for hydroxylation is 1. The van der Waals surface area contributed by atoms with Crippen molar-refractivity contribution in [3.05, 3.63) is 59.7 Å². The fourth-order valence-electron chi connectivity index (χ4n) is 3.17. The molecule has 2 aromatic carbocycles. The van der Waals surface area contributed by atoms with Crippen LogP contribution in [0.5, 0.6) is 5.75 Å². The number of piperazine rings is 1. The van der Waals surface area contributed by atoms with Crippen LogP contribution in [0.25, 0.3) is 0 Å². The molecule has 3 rings (SSSR count). The van der Waals surface area contributed by atoms with Gasteiger partial charge in [-0.2, -0.15) is 0 Å². The number of aromatic hydroxyl groups is 1. The zero-order chi connectivity index (χ0) is 18.5. The number of phenolic OH excluding ortho intramolecular Hbond substituents is 1. The van der Waals surface area contributed by atoms with Gasteiger partial charge in [-0.25, -0.2) is 0 Å². The number of thioether (sulfide) groups is 1. The molecule has 1 fully saturated rings. The molecule has 0 radical (unpaired) electrons. The first-order chi connectivity index (χ1) is 12.5. The lowest BCUT2D eigenvalue weighted by Crippen LogP contribution is -2.50. The smallest absolute Gasteiger partial charge is 0.235 e. The van der Waals surface area contributed by atoms with Crippen molar-refractivity contribution in [1.82, 2.24) is 9.80 Å². The Labute approximate surface area is 159 Å². The van der Waals surface area contributed by atoms with Crippen molar-refractivity contribution < 1.29 is 9.90 Å². The van der Waals surface area contributed by atoms with E-state index in [1.54, 1.807) is 23.9 Å². The number of phenols is 1. The summed E-state index contributed by atoms with van der Waals surface area (Å²) in [7, 11) is 0. The highest BCUT2D eigenvalue weighted by molar-refractivity contribution is 8.00. The largest absolute Gasteiger partial charge is 0.508 e. The summed E-state index contributed by atoms with van der Waals surface area (Å²) in [5.41, 5.74) is 2.34. The molecule has 1 aliphatic rings. The Morgan fingerprint density at radius 3 is 2.46 bits per heavy atom. The minimum Gasteiger partial charge on any atom is -0.508 e. The van der Waals surface area contributed by atoms with Gasteiger partial charge in [0.25, 0.3) is 0 Å². The van der Waals surface area contributed by atoms with Gasteiger partial charge in [0.2, 0.25) is 5.91 Å². The standard InChI is InChI=1S/C21H26N2O2S/c1-16-6-8-20(9-7-16)26-17(2)21(25)23-12-10-22(11-13-23)15-18-4-3-5-19(24)14-18/h3-9,14,17,24H,10-13,15H2,1-2H3. The Morgan fingerprint density at radius 1 is 1.12 bits per heavy atom. The molecule has 0 bridgehead atoms. The van der Waals surface area contributed by atoms with Gasteiger partial charge < -0.3 is 10.0 Å². The first kappa shape index (κ1) is 18.8. The molecule has 0 saturated carbocycles. The van der Waals surface area contributed by atoms with Gasteiger partial charge in [-0.05, 0) is 43.7 Å². The van der Waals surface area contributed by atoms with E-state index < -0.39 is 0 Å². The molecule has 0 aliphatic carbocycles. The second-order valence-electron chi connectivity index (χ2n) is 6.84. The van der Waals surface area contributed by atoms with Crippen LogP contribution in [-0.2, 0) is 11.3 Å². The lowest BCUT2D eigenvalue weighted by Gasteiger charge is -2.36. The van der Waals surface area contributed by atoms with E-state index in [9.17, 15) is 9.90 Å².